The van der Waals surface area contributed by atoms with Crippen molar-refractivity contribution in [2.24, 2.45) is 0 Å². The molecule has 74 valence electrons. The lowest BCUT2D eigenvalue weighted by atomic mass is 10.2. The fraction of sp³-hybridized carbons (Fsp3) is 0.889. The number of hydrogen-bond acceptors (Lipinski definition) is 3. The third kappa shape index (κ3) is 22.6. The van der Waals surface area contributed by atoms with Gasteiger partial charge in [0.15, 0.2) is 0 Å². The number of rotatable bonds is 6. The minimum absolute atomic E-state index is 0.125. The van der Waals surface area contributed by atoms with Crippen LogP contribution in [0.1, 0.15) is 39.0 Å². The Bertz CT molecular complexity index is 72.2. The predicted molar refractivity (Wildman–Crippen MR) is 49.0 cm³/mol. The lowest BCUT2D eigenvalue weighted by Gasteiger charge is -1.90. The van der Waals surface area contributed by atoms with Crippen LogP contribution in [0.25, 0.3) is 0 Å². The van der Waals surface area contributed by atoms with Crippen LogP contribution >= 0.6 is 0 Å². The quantitative estimate of drug-likeness (QED) is 0.471. The van der Waals surface area contributed by atoms with Crippen molar-refractivity contribution in [1.82, 2.24) is 0 Å². The molecular formula is C9H20O3. The predicted octanol–water partition coefficient (Wildman–Crippen LogP) is 1.13. The van der Waals surface area contributed by atoms with Gasteiger partial charge in [-0.25, -0.2) is 0 Å². The Morgan fingerprint density at radius 1 is 1.08 bits per heavy atom. The molecule has 0 amide bonds. The average Bonchev–Trinajstić information content (AvgIpc) is 2.13. The zero-order chi connectivity index (χ0) is 9.66. The molecule has 0 saturated carbocycles. The van der Waals surface area contributed by atoms with E-state index in [9.17, 15) is 4.79 Å². The van der Waals surface area contributed by atoms with E-state index in [1.54, 1.807) is 0 Å². The van der Waals surface area contributed by atoms with Gasteiger partial charge in [-0.15, -0.1) is 0 Å². The molecule has 0 bridgehead atoms. The summed E-state index contributed by atoms with van der Waals surface area (Å²) < 4.78 is 0. The summed E-state index contributed by atoms with van der Waals surface area (Å²) >= 11 is 0. The molecule has 3 heteroatoms. The molecular weight excluding hydrogens is 156 g/mol. The molecule has 0 radical (unpaired) electrons. The first-order valence-corrected chi connectivity index (χ1v) is 4.48. The van der Waals surface area contributed by atoms with Crippen molar-refractivity contribution >= 4 is 6.29 Å². The molecule has 0 fully saturated rings. The van der Waals surface area contributed by atoms with Gasteiger partial charge in [-0.05, 0) is 6.42 Å². The Hall–Kier alpha value is -0.410. The number of aliphatic hydroxyl groups is 2. The summed E-state index contributed by atoms with van der Waals surface area (Å²) in [6.45, 7) is 1.92. The normalized spacial score (nSPS) is 8.58. The Labute approximate surface area is 74.4 Å². The van der Waals surface area contributed by atoms with Gasteiger partial charge in [0.2, 0.25) is 0 Å². The first-order valence-electron chi connectivity index (χ1n) is 4.48. The van der Waals surface area contributed by atoms with Gasteiger partial charge in [0.05, 0.1) is 13.2 Å². The molecule has 2 N–H and O–H groups in total. The highest BCUT2D eigenvalue weighted by Crippen LogP contribution is 1.99. The summed E-state index contributed by atoms with van der Waals surface area (Å²) in [5.74, 6) is 0. The number of aliphatic hydroxyl groups excluding tert-OH is 2. The van der Waals surface area contributed by atoms with Crippen LogP contribution in [0, 0.1) is 0 Å². The van der Waals surface area contributed by atoms with E-state index in [-0.39, 0.29) is 13.2 Å². The molecule has 0 spiro atoms. The Morgan fingerprint density at radius 2 is 1.67 bits per heavy atom. The first-order chi connectivity index (χ1) is 5.83. The minimum Gasteiger partial charge on any atom is -0.394 e. The summed E-state index contributed by atoms with van der Waals surface area (Å²) in [5, 5.41) is 15.2. The first kappa shape index (κ1) is 14.1. The fourth-order valence-corrected chi connectivity index (χ4v) is 0.654. The molecule has 3 nitrogen and oxygen atoms in total. The number of hydrogen-bond donors (Lipinski definition) is 2. The molecule has 0 atom stereocenters. The fourth-order valence-electron chi connectivity index (χ4n) is 0.654. The van der Waals surface area contributed by atoms with Crippen LogP contribution in [0.15, 0.2) is 0 Å². The summed E-state index contributed by atoms with van der Waals surface area (Å²) in [5.41, 5.74) is 0. The van der Waals surface area contributed by atoms with E-state index in [1.807, 2.05) is 0 Å². The maximum atomic E-state index is 9.77. The number of carbonyl (C=O) groups excluding carboxylic acids is 1. The molecule has 0 aliphatic rings. The van der Waals surface area contributed by atoms with Crippen molar-refractivity contribution in [3.63, 3.8) is 0 Å². The minimum atomic E-state index is -0.125. The molecule has 0 rings (SSSR count). The molecule has 0 aromatic rings. The monoisotopic (exact) mass is 176 g/mol. The maximum Gasteiger partial charge on any atom is 0.119 e. The van der Waals surface area contributed by atoms with Crippen molar-refractivity contribution in [2.75, 3.05) is 13.2 Å². The third-order valence-corrected chi connectivity index (χ3v) is 1.28. The molecule has 12 heavy (non-hydrogen) atoms. The van der Waals surface area contributed by atoms with Gasteiger partial charge in [-0.1, -0.05) is 26.2 Å². The highest BCUT2D eigenvalue weighted by atomic mass is 16.3. The van der Waals surface area contributed by atoms with Gasteiger partial charge >= 0.3 is 0 Å². The SMILES string of the molecule is CCCCCCC=O.OCCO. The van der Waals surface area contributed by atoms with E-state index in [0.29, 0.717) is 0 Å². The van der Waals surface area contributed by atoms with E-state index in [0.717, 1.165) is 19.1 Å². The van der Waals surface area contributed by atoms with Crippen LogP contribution in [0.3, 0.4) is 0 Å². The average molecular weight is 176 g/mol. The highest BCUT2D eigenvalue weighted by Gasteiger charge is 1.83. The summed E-state index contributed by atoms with van der Waals surface area (Å²) in [4.78, 5) is 9.77. The van der Waals surface area contributed by atoms with Crippen LogP contribution in [0.2, 0.25) is 0 Å². The molecule has 0 aromatic heterocycles. The second-order valence-electron chi connectivity index (χ2n) is 2.46. The lowest BCUT2D eigenvalue weighted by Crippen LogP contribution is -1.85. The molecule has 0 saturated heterocycles. The van der Waals surface area contributed by atoms with Gasteiger partial charge in [0.25, 0.3) is 0 Å². The maximum absolute atomic E-state index is 9.77. The zero-order valence-corrected chi connectivity index (χ0v) is 7.83. The van der Waals surface area contributed by atoms with Gasteiger partial charge in [0.1, 0.15) is 6.29 Å². The number of carbonyl (C=O) groups is 1. The van der Waals surface area contributed by atoms with Crippen LogP contribution in [-0.4, -0.2) is 29.7 Å². The standard InChI is InChI=1S/C7H14O.C2H6O2/c1-2-3-4-5-6-7-8;3-1-2-4/h7H,2-6H2,1H3;3-4H,1-2H2. The van der Waals surface area contributed by atoms with E-state index >= 15 is 0 Å². The van der Waals surface area contributed by atoms with Gasteiger partial charge in [-0.2, -0.15) is 0 Å². The Kier molecular flexibility index (Phi) is 19.9. The highest BCUT2D eigenvalue weighted by molar-refractivity contribution is 5.48. The van der Waals surface area contributed by atoms with Crippen LogP contribution in [-0.2, 0) is 4.79 Å². The van der Waals surface area contributed by atoms with Crippen molar-refractivity contribution < 1.29 is 15.0 Å². The molecule has 0 aromatic carbocycles. The van der Waals surface area contributed by atoms with E-state index < -0.39 is 0 Å². The van der Waals surface area contributed by atoms with Gasteiger partial charge in [0, 0.05) is 6.42 Å². The largest absolute Gasteiger partial charge is 0.394 e. The molecule has 0 heterocycles. The van der Waals surface area contributed by atoms with Crippen LogP contribution in [0.4, 0.5) is 0 Å². The summed E-state index contributed by atoms with van der Waals surface area (Å²) in [7, 11) is 0. The lowest BCUT2D eigenvalue weighted by molar-refractivity contribution is -0.107. The second kappa shape index (κ2) is 16.9. The Morgan fingerprint density at radius 3 is 2.00 bits per heavy atom. The topological polar surface area (TPSA) is 57.5 Å². The molecule has 0 aliphatic carbocycles. The smallest absolute Gasteiger partial charge is 0.119 e. The van der Waals surface area contributed by atoms with Crippen LogP contribution < -0.4 is 0 Å². The molecule has 0 unspecified atom stereocenters. The third-order valence-electron chi connectivity index (χ3n) is 1.28. The summed E-state index contributed by atoms with van der Waals surface area (Å²) in [6, 6.07) is 0. The van der Waals surface area contributed by atoms with Crippen molar-refractivity contribution in [3.8, 4) is 0 Å². The molecule has 0 aliphatic heterocycles. The van der Waals surface area contributed by atoms with Crippen molar-refractivity contribution in [1.29, 1.82) is 0 Å². The zero-order valence-electron chi connectivity index (χ0n) is 7.83. The summed E-state index contributed by atoms with van der Waals surface area (Å²) in [6.07, 6.45) is 6.56. The van der Waals surface area contributed by atoms with Crippen molar-refractivity contribution in [3.05, 3.63) is 0 Å². The second-order valence-corrected chi connectivity index (χ2v) is 2.46. The number of aldehydes is 1. The van der Waals surface area contributed by atoms with Crippen molar-refractivity contribution in [2.45, 2.75) is 39.0 Å². The van der Waals surface area contributed by atoms with Crippen LogP contribution in [0.5, 0.6) is 0 Å². The van der Waals surface area contributed by atoms with Gasteiger partial charge in [-0.3, -0.25) is 0 Å². The Balaban J connectivity index is 0. The van der Waals surface area contributed by atoms with Gasteiger partial charge < -0.3 is 15.0 Å². The van der Waals surface area contributed by atoms with E-state index in [4.69, 9.17) is 10.2 Å². The number of unbranched alkanes of at least 4 members (excludes halogenated alkanes) is 4. The van der Waals surface area contributed by atoms with E-state index in [1.165, 1.54) is 19.3 Å². The van der Waals surface area contributed by atoms with E-state index in [2.05, 4.69) is 6.92 Å².